The predicted octanol–water partition coefficient (Wildman–Crippen LogP) is 0.941. The average molecular weight is 281 g/mol. The second kappa shape index (κ2) is 6.94. The molecule has 0 bridgehead atoms. The van der Waals surface area contributed by atoms with E-state index in [2.05, 4.69) is 16.9 Å². The molecule has 0 amide bonds. The molecule has 0 heterocycles. The van der Waals surface area contributed by atoms with Crippen molar-refractivity contribution in [2.45, 2.75) is 11.8 Å². The van der Waals surface area contributed by atoms with Crippen molar-refractivity contribution in [3.05, 3.63) is 42.5 Å². The molecule has 0 aromatic heterocycles. The number of nitrogens with one attached hydrogen (secondary N) is 1. The summed E-state index contributed by atoms with van der Waals surface area (Å²) in [6.45, 7) is 6.20. The van der Waals surface area contributed by atoms with Gasteiger partial charge in [0.2, 0.25) is 0 Å². The van der Waals surface area contributed by atoms with Crippen LogP contribution in [0.15, 0.2) is 52.4 Å². The van der Waals surface area contributed by atoms with Crippen LogP contribution in [0.4, 0.5) is 0 Å². The molecule has 19 heavy (non-hydrogen) atoms. The number of hydrogen-bond acceptors (Lipinski definition) is 3. The summed E-state index contributed by atoms with van der Waals surface area (Å²) in [7, 11) is -3.28. The number of sulfone groups is 1. The van der Waals surface area contributed by atoms with Gasteiger partial charge in [-0.2, -0.15) is 0 Å². The highest BCUT2D eigenvalue weighted by molar-refractivity contribution is 7.91. The lowest BCUT2D eigenvalue weighted by Crippen LogP contribution is -2.35. The van der Waals surface area contributed by atoms with Gasteiger partial charge in [0, 0.05) is 6.54 Å². The minimum atomic E-state index is -3.28. The highest BCUT2D eigenvalue weighted by atomic mass is 32.2. The summed E-state index contributed by atoms with van der Waals surface area (Å²) in [6.07, 6.45) is 0. The monoisotopic (exact) mass is 281 g/mol. The quantitative estimate of drug-likeness (QED) is 0.462. The van der Waals surface area contributed by atoms with E-state index in [1.165, 1.54) is 0 Å². The zero-order chi connectivity index (χ0) is 14.3. The molecule has 1 aromatic rings. The normalized spacial score (nSPS) is 12.2. The van der Waals surface area contributed by atoms with E-state index in [0.717, 1.165) is 5.57 Å². The number of benzene rings is 1. The van der Waals surface area contributed by atoms with E-state index in [-0.39, 0.29) is 18.3 Å². The molecule has 3 N–H and O–H groups in total. The fraction of sp³-hybridized carbons (Fsp3) is 0.308. The zero-order valence-electron chi connectivity index (χ0n) is 11.0. The first-order valence-electron chi connectivity index (χ1n) is 5.88. The molecule has 0 fully saturated rings. The first-order chi connectivity index (χ1) is 8.92. The average Bonchev–Trinajstić information content (AvgIpc) is 2.37. The van der Waals surface area contributed by atoms with Crippen LogP contribution in [0.1, 0.15) is 6.92 Å². The summed E-state index contributed by atoms with van der Waals surface area (Å²) in [5.74, 6) is 0.201. The molecule has 0 saturated carbocycles. The Morgan fingerprint density at radius 2 is 2.00 bits per heavy atom. The number of nitrogens with two attached hydrogens (primary N) is 1. The second-order valence-electron chi connectivity index (χ2n) is 4.22. The summed E-state index contributed by atoms with van der Waals surface area (Å²) in [4.78, 5) is 4.32. The van der Waals surface area contributed by atoms with Gasteiger partial charge >= 0.3 is 0 Å². The zero-order valence-corrected chi connectivity index (χ0v) is 11.8. The lowest BCUT2D eigenvalue weighted by atomic mass is 10.4. The Morgan fingerprint density at radius 1 is 1.37 bits per heavy atom. The van der Waals surface area contributed by atoms with Crippen molar-refractivity contribution in [3.8, 4) is 0 Å². The van der Waals surface area contributed by atoms with Crippen LogP contribution in [0, 0.1) is 0 Å². The van der Waals surface area contributed by atoms with Gasteiger partial charge in [0.15, 0.2) is 15.8 Å². The summed E-state index contributed by atoms with van der Waals surface area (Å²) in [6, 6.07) is 8.33. The van der Waals surface area contributed by atoms with Crippen LogP contribution in [0.25, 0.3) is 0 Å². The van der Waals surface area contributed by atoms with Crippen LogP contribution in [0.5, 0.6) is 0 Å². The van der Waals surface area contributed by atoms with Gasteiger partial charge in [-0.3, -0.25) is 0 Å². The lowest BCUT2D eigenvalue weighted by Gasteiger charge is -2.07. The Bertz CT molecular complexity index is 551. The largest absolute Gasteiger partial charge is 0.370 e. The van der Waals surface area contributed by atoms with Crippen molar-refractivity contribution < 1.29 is 8.42 Å². The van der Waals surface area contributed by atoms with E-state index < -0.39 is 9.84 Å². The summed E-state index contributed by atoms with van der Waals surface area (Å²) < 4.78 is 23.9. The SMILES string of the molecule is C=C(C)CN=C(N)NCCS(=O)(=O)c1ccccc1. The molecule has 5 nitrogen and oxygen atoms in total. The fourth-order valence-corrected chi connectivity index (χ4v) is 2.51. The van der Waals surface area contributed by atoms with E-state index in [1.807, 2.05) is 6.92 Å². The van der Waals surface area contributed by atoms with Gasteiger partial charge in [-0.15, -0.1) is 0 Å². The van der Waals surface area contributed by atoms with Gasteiger partial charge in [0.25, 0.3) is 0 Å². The van der Waals surface area contributed by atoms with E-state index in [0.29, 0.717) is 11.4 Å². The van der Waals surface area contributed by atoms with Crippen LogP contribution >= 0.6 is 0 Å². The highest BCUT2D eigenvalue weighted by Gasteiger charge is 2.12. The topological polar surface area (TPSA) is 84.5 Å². The molecule has 0 unspecified atom stereocenters. The van der Waals surface area contributed by atoms with Crippen molar-refractivity contribution in [3.63, 3.8) is 0 Å². The van der Waals surface area contributed by atoms with E-state index in [1.54, 1.807) is 30.3 Å². The number of nitrogens with zero attached hydrogens (tertiary/aromatic N) is 1. The van der Waals surface area contributed by atoms with E-state index >= 15 is 0 Å². The van der Waals surface area contributed by atoms with Crippen molar-refractivity contribution >= 4 is 15.8 Å². The van der Waals surface area contributed by atoms with Crippen molar-refractivity contribution in [2.75, 3.05) is 18.8 Å². The lowest BCUT2D eigenvalue weighted by molar-refractivity contribution is 0.595. The third kappa shape index (κ3) is 5.56. The first kappa shape index (κ1) is 15.2. The Kier molecular flexibility index (Phi) is 5.57. The van der Waals surface area contributed by atoms with Gasteiger partial charge in [0.1, 0.15) is 0 Å². The van der Waals surface area contributed by atoms with Crippen molar-refractivity contribution in [1.82, 2.24) is 5.32 Å². The van der Waals surface area contributed by atoms with Gasteiger partial charge in [-0.25, -0.2) is 13.4 Å². The molecule has 0 aliphatic heterocycles. The maximum absolute atomic E-state index is 11.9. The molecule has 0 aliphatic carbocycles. The molecule has 0 aliphatic rings. The molecular formula is C13H19N3O2S. The number of hydrogen-bond donors (Lipinski definition) is 2. The van der Waals surface area contributed by atoms with Crippen LogP contribution in [0.3, 0.4) is 0 Å². The van der Waals surface area contributed by atoms with Gasteiger partial charge < -0.3 is 11.1 Å². The molecule has 0 atom stereocenters. The van der Waals surface area contributed by atoms with Crippen LogP contribution in [-0.4, -0.2) is 33.2 Å². The third-order valence-corrected chi connectivity index (χ3v) is 4.03. The molecule has 0 spiro atoms. The molecular weight excluding hydrogens is 262 g/mol. The second-order valence-corrected chi connectivity index (χ2v) is 6.33. The molecule has 104 valence electrons. The Labute approximate surface area is 114 Å². The van der Waals surface area contributed by atoms with Crippen LogP contribution in [-0.2, 0) is 9.84 Å². The summed E-state index contributed by atoms with van der Waals surface area (Å²) >= 11 is 0. The Balaban J connectivity index is 2.49. The molecule has 0 saturated heterocycles. The maximum atomic E-state index is 11.9. The Morgan fingerprint density at radius 3 is 2.58 bits per heavy atom. The summed E-state index contributed by atoms with van der Waals surface area (Å²) in [5, 5.41) is 2.77. The summed E-state index contributed by atoms with van der Waals surface area (Å²) in [5.41, 5.74) is 6.48. The maximum Gasteiger partial charge on any atom is 0.188 e. The first-order valence-corrected chi connectivity index (χ1v) is 7.53. The van der Waals surface area contributed by atoms with Crippen molar-refractivity contribution in [1.29, 1.82) is 0 Å². The van der Waals surface area contributed by atoms with Crippen LogP contribution < -0.4 is 11.1 Å². The van der Waals surface area contributed by atoms with Gasteiger partial charge in [-0.05, 0) is 19.1 Å². The standard InChI is InChI=1S/C13H19N3O2S/c1-11(2)10-16-13(14)15-8-9-19(17,18)12-6-4-3-5-7-12/h3-7H,1,8-10H2,2H3,(H3,14,15,16). The van der Waals surface area contributed by atoms with Gasteiger partial charge in [0.05, 0.1) is 17.2 Å². The molecule has 0 radical (unpaired) electrons. The number of guanidine groups is 1. The number of rotatable bonds is 6. The highest BCUT2D eigenvalue weighted by Crippen LogP contribution is 2.08. The molecule has 1 rings (SSSR count). The van der Waals surface area contributed by atoms with E-state index in [9.17, 15) is 8.42 Å². The Hall–Kier alpha value is -1.82. The predicted molar refractivity (Wildman–Crippen MR) is 77.8 cm³/mol. The molecule has 1 aromatic carbocycles. The van der Waals surface area contributed by atoms with Gasteiger partial charge in [-0.1, -0.05) is 30.4 Å². The smallest absolute Gasteiger partial charge is 0.188 e. The van der Waals surface area contributed by atoms with Crippen molar-refractivity contribution in [2.24, 2.45) is 10.7 Å². The van der Waals surface area contributed by atoms with Crippen LogP contribution in [0.2, 0.25) is 0 Å². The minimum Gasteiger partial charge on any atom is -0.370 e. The molecule has 6 heteroatoms. The number of aliphatic imine (C=N–C) groups is 1. The fourth-order valence-electron chi connectivity index (χ4n) is 1.34. The van der Waals surface area contributed by atoms with E-state index in [4.69, 9.17) is 5.73 Å². The minimum absolute atomic E-state index is 0.0275. The third-order valence-electron chi connectivity index (χ3n) is 2.30.